The summed E-state index contributed by atoms with van der Waals surface area (Å²) in [5.74, 6) is -0.928. The predicted octanol–water partition coefficient (Wildman–Crippen LogP) is 19.2. The van der Waals surface area contributed by atoms with Crippen LogP contribution in [0.25, 0.3) is 0 Å². The molecule has 0 rings (SSSR count). The lowest BCUT2D eigenvalue weighted by atomic mass is 10.1. The van der Waals surface area contributed by atoms with Crippen LogP contribution in [0.4, 0.5) is 0 Å². The lowest BCUT2D eigenvalue weighted by Crippen LogP contribution is -2.30. The van der Waals surface area contributed by atoms with Crippen molar-refractivity contribution in [1.29, 1.82) is 0 Å². The van der Waals surface area contributed by atoms with Crippen LogP contribution in [0.15, 0.2) is 85.1 Å². The molecule has 6 heteroatoms. The molecule has 0 spiro atoms. The van der Waals surface area contributed by atoms with Gasteiger partial charge in [0.25, 0.3) is 0 Å². The second kappa shape index (κ2) is 56.2. The summed E-state index contributed by atoms with van der Waals surface area (Å²) < 4.78 is 16.8. The summed E-state index contributed by atoms with van der Waals surface area (Å²) in [6.07, 6.45) is 72.8. The molecule has 0 saturated carbocycles. The normalized spacial score (nSPS) is 12.7. The van der Waals surface area contributed by atoms with Crippen molar-refractivity contribution in [3.8, 4) is 0 Å². The lowest BCUT2D eigenvalue weighted by molar-refractivity contribution is -0.167. The predicted molar refractivity (Wildman–Crippen MR) is 293 cm³/mol. The molecule has 390 valence electrons. The van der Waals surface area contributed by atoms with E-state index in [1.165, 1.54) is 116 Å². The molecule has 0 amide bonds. The van der Waals surface area contributed by atoms with E-state index in [0.29, 0.717) is 19.3 Å². The minimum atomic E-state index is -0.797. The molecule has 0 aliphatic heterocycles. The Balaban J connectivity index is 4.44. The van der Waals surface area contributed by atoms with E-state index in [-0.39, 0.29) is 31.1 Å². The van der Waals surface area contributed by atoms with Crippen molar-refractivity contribution >= 4 is 17.9 Å². The van der Waals surface area contributed by atoms with Crippen molar-refractivity contribution in [2.45, 2.75) is 277 Å². The number of unbranched alkanes of at least 4 members (excludes halogenated alkanes) is 26. The molecule has 0 aromatic rings. The number of carbonyl (C=O) groups is 3. The Morgan fingerprint density at radius 1 is 0.294 bits per heavy atom. The summed E-state index contributed by atoms with van der Waals surface area (Å²) in [5, 5.41) is 0. The van der Waals surface area contributed by atoms with Gasteiger partial charge >= 0.3 is 17.9 Å². The summed E-state index contributed by atoms with van der Waals surface area (Å²) in [4.78, 5) is 38.1. The highest BCUT2D eigenvalue weighted by atomic mass is 16.6. The second-order valence-electron chi connectivity index (χ2n) is 18.8. The minimum Gasteiger partial charge on any atom is -0.462 e. The third-order valence-corrected chi connectivity index (χ3v) is 12.1. The van der Waals surface area contributed by atoms with Gasteiger partial charge in [-0.15, -0.1) is 0 Å². The Morgan fingerprint density at radius 3 is 0.868 bits per heavy atom. The first-order chi connectivity index (χ1) is 33.5. The molecule has 0 fully saturated rings. The Labute approximate surface area is 420 Å². The summed E-state index contributed by atoms with van der Waals surface area (Å²) in [6, 6.07) is 0. The van der Waals surface area contributed by atoms with Crippen LogP contribution in [-0.4, -0.2) is 37.2 Å². The number of hydrogen-bond acceptors (Lipinski definition) is 6. The van der Waals surface area contributed by atoms with Gasteiger partial charge in [0.15, 0.2) is 6.10 Å². The SMILES string of the molecule is CCCC/C=C\C/C=C\CCCCCCCC(=O)OC[C@H](COC(=O)CCCCCCCCCCC/C=C\C/C=C\CCCCC)OC(=O)CCCCCC/C=C\C/C=C\C/C=C\CCCCC. The molecule has 6 nitrogen and oxygen atoms in total. The second-order valence-corrected chi connectivity index (χ2v) is 18.8. The first-order valence-electron chi connectivity index (χ1n) is 28.6. The Kier molecular flexibility index (Phi) is 53.4. The number of esters is 3. The van der Waals surface area contributed by atoms with Crippen molar-refractivity contribution < 1.29 is 28.6 Å². The monoisotopic (exact) mass is 947 g/mol. The lowest BCUT2D eigenvalue weighted by Gasteiger charge is -2.18. The highest BCUT2D eigenvalue weighted by Gasteiger charge is 2.19. The van der Waals surface area contributed by atoms with Crippen molar-refractivity contribution in [2.24, 2.45) is 0 Å². The number of allylic oxidation sites excluding steroid dienone is 14. The zero-order valence-corrected chi connectivity index (χ0v) is 44.6. The van der Waals surface area contributed by atoms with E-state index in [0.717, 1.165) is 116 Å². The van der Waals surface area contributed by atoms with E-state index >= 15 is 0 Å². The molecule has 0 unspecified atom stereocenters. The quantitative estimate of drug-likeness (QED) is 0.0262. The fourth-order valence-corrected chi connectivity index (χ4v) is 7.73. The molecule has 0 aromatic carbocycles. The van der Waals surface area contributed by atoms with Gasteiger partial charge < -0.3 is 14.2 Å². The van der Waals surface area contributed by atoms with E-state index in [1.807, 2.05) is 0 Å². The van der Waals surface area contributed by atoms with Gasteiger partial charge in [0.1, 0.15) is 13.2 Å². The molecule has 0 saturated heterocycles. The molecule has 0 bridgehead atoms. The average molecular weight is 948 g/mol. The van der Waals surface area contributed by atoms with Gasteiger partial charge in [0.2, 0.25) is 0 Å². The van der Waals surface area contributed by atoms with Crippen LogP contribution in [0.5, 0.6) is 0 Å². The number of carbonyl (C=O) groups excluding carboxylic acids is 3. The van der Waals surface area contributed by atoms with Gasteiger partial charge in [-0.2, -0.15) is 0 Å². The highest BCUT2D eigenvalue weighted by Crippen LogP contribution is 2.14. The summed E-state index contributed by atoms with van der Waals surface area (Å²) >= 11 is 0. The Bertz CT molecular complexity index is 1320. The fourth-order valence-electron chi connectivity index (χ4n) is 7.73. The van der Waals surface area contributed by atoms with Crippen molar-refractivity contribution in [2.75, 3.05) is 13.2 Å². The Morgan fingerprint density at radius 2 is 0.544 bits per heavy atom. The number of ether oxygens (including phenoxy) is 3. The minimum absolute atomic E-state index is 0.0926. The first-order valence-corrected chi connectivity index (χ1v) is 28.6. The van der Waals surface area contributed by atoms with Crippen LogP contribution >= 0.6 is 0 Å². The standard InChI is InChI=1S/C62H106O6/c1-4-7-10-13-16-19-22-25-28-30-31-33-34-37-40-43-46-49-52-55-61(64)67-58-59(57-66-60(63)54-51-48-45-42-39-36-27-24-21-18-15-12-9-6-3)68-62(65)56-53-50-47-44-41-38-35-32-29-26-23-20-17-14-11-8-5-2/h15-20,24-29,35,38,59H,4-14,21-23,30-34,36-37,39-58H2,1-3H3/b18-15-,19-16-,20-17-,27-24-,28-25-,29-26-,38-35-/t59-/m1/s1. The van der Waals surface area contributed by atoms with E-state index < -0.39 is 6.10 Å². The molecule has 0 aliphatic rings. The molecule has 0 heterocycles. The molecule has 68 heavy (non-hydrogen) atoms. The van der Waals surface area contributed by atoms with Gasteiger partial charge in [-0.05, 0) is 116 Å². The van der Waals surface area contributed by atoms with Crippen LogP contribution in [0.1, 0.15) is 271 Å². The first kappa shape index (κ1) is 64.6. The van der Waals surface area contributed by atoms with Gasteiger partial charge in [0, 0.05) is 19.3 Å². The summed E-state index contributed by atoms with van der Waals surface area (Å²) in [5.41, 5.74) is 0. The molecule has 0 aromatic heterocycles. The number of hydrogen-bond donors (Lipinski definition) is 0. The van der Waals surface area contributed by atoms with E-state index in [2.05, 4.69) is 106 Å². The maximum absolute atomic E-state index is 12.8. The van der Waals surface area contributed by atoms with E-state index in [1.54, 1.807) is 0 Å². The van der Waals surface area contributed by atoms with Crippen molar-refractivity contribution in [3.63, 3.8) is 0 Å². The maximum atomic E-state index is 12.8. The smallest absolute Gasteiger partial charge is 0.306 e. The average Bonchev–Trinajstić information content (AvgIpc) is 3.34. The maximum Gasteiger partial charge on any atom is 0.306 e. The van der Waals surface area contributed by atoms with Crippen LogP contribution < -0.4 is 0 Å². The van der Waals surface area contributed by atoms with Crippen LogP contribution in [0, 0.1) is 0 Å². The zero-order valence-electron chi connectivity index (χ0n) is 44.6. The molecular weight excluding hydrogens is 841 g/mol. The van der Waals surface area contributed by atoms with Crippen LogP contribution in [0.2, 0.25) is 0 Å². The van der Waals surface area contributed by atoms with Crippen molar-refractivity contribution in [1.82, 2.24) is 0 Å². The van der Waals surface area contributed by atoms with Gasteiger partial charge in [-0.3, -0.25) is 14.4 Å². The fraction of sp³-hybridized carbons (Fsp3) is 0.726. The van der Waals surface area contributed by atoms with Crippen LogP contribution in [-0.2, 0) is 28.6 Å². The van der Waals surface area contributed by atoms with Crippen LogP contribution in [0.3, 0.4) is 0 Å². The molecule has 0 aliphatic carbocycles. The topological polar surface area (TPSA) is 78.9 Å². The van der Waals surface area contributed by atoms with Crippen molar-refractivity contribution in [3.05, 3.63) is 85.1 Å². The third-order valence-electron chi connectivity index (χ3n) is 12.1. The Hall–Kier alpha value is -3.41. The summed E-state index contributed by atoms with van der Waals surface area (Å²) in [7, 11) is 0. The van der Waals surface area contributed by atoms with E-state index in [4.69, 9.17) is 14.2 Å². The third kappa shape index (κ3) is 53.5. The van der Waals surface area contributed by atoms with Gasteiger partial charge in [-0.25, -0.2) is 0 Å². The molecule has 0 radical (unpaired) electrons. The molecule has 0 N–H and O–H groups in total. The molecular formula is C62H106O6. The van der Waals surface area contributed by atoms with E-state index in [9.17, 15) is 14.4 Å². The number of rotatable bonds is 51. The van der Waals surface area contributed by atoms with Gasteiger partial charge in [0.05, 0.1) is 0 Å². The molecule has 1 atom stereocenters. The zero-order chi connectivity index (χ0) is 49.3. The highest BCUT2D eigenvalue weighted by molar-refractivity contribution is 5.71. The largest absolute Gasteiger partial charge is 0.462 e. The van der Waals surface area contributed by atoms with Gasteiger partial charge in [-0.1, -0.05) is 221 Å². The summed E-state index contributed by atoms with van der Waals surface area (Å²) in [6.45, 7) is 6.52.